The molecule has 2 rings (SSSR count). The number of carbonyl (C=O) groups is 1. The first-order chi connectivity index (χ1) is 10.0. The molecule has 0 amide bonds. The number of nitrogens with zero attached hydrogens (tertiary/aromatic N) is 3. The molecule has 110 valence electrons. The first-order valence-electron chi connectivity index (χ1n) is 6.54. The number of rotatable bonds is 5. The van der Waals surface area contributed by atoms with Gasteiger partial charge in [0.25, 0.3) is 0 Å². The maximum atomic E-state index is 11.1. The van der Waals surface area contributed by atoms with E-state index in [1.807, 2.05) is 0 Å². The Morgan fingerprint density at radius 3 is 3.00 bits per heavy atom. The van der Waals surface area contributed by atoms with Crippen molar-refractivity contribution < 1.29 is 14.8 Å². The zero-order valence-electron chi connectivity index (χ0n) is 11.2. The number of hydrogen-bond donors (Lipinski definition) is 2. The fourth-order valence-electron chi connectivity index (χ4n) is 2.69. The Morgan fingerprint density at radius 2 is 2.38 bits per heavy atom. The van der Waals surface area contributed by atoms with Gasteiger partial charge in [0.15, 0.2) is 0 Å². The Hall–Kier alpha value is -2.69. The van der Waals surface area contributed by atoms with Crippen LogP contribution >= 0.6 is 0 Å². The fraction of sp³-hybridized carbons (Fsp3) is 0.462. The van der Waals surface area contributed by atoms with Gasteiger partial charge in [-0.05, 0) is 24.8 Å². The molecule has 8 heteroatoms. The lowest BCUT2D eigenvalue weighted by Crippen LogP contribution is -2.25. The molecule has 8 nitrogen and oxygen atoms in total. The number of aromatic nitrogens is 1. The van der Waals surface area contributed by atoms with Crippen molar-refractivity contribution in [2.75, 3.05) is 11.9 Å². The molecule has 0 aromatic carbocycles. The molecular formula is C13H14N4O4. The molecule has 0 spiro atoms. The molecule has 1 heterocycles. The summed E-state index contributed by atoms with van der Waals surface area (Å²) in [6.07, 6.45) is 3.53. The second-order valence-corrected chi connectivity index (χ2v) is 4.94. The third kappa shape index (κ3) is 3.08. The summed E-state index contributed by atoms with van der Waals surface area (Å²) in [5.41, 5.74) is -0.441. The summed E-state index contributed by atoms with van der Waals surface area (Å²) in [4.78, 5) is 25.4. The minimum Gasteiger partial charge on any atom is -0.481 e. The Morgan fingerprint density at radius 1 is 1.62 bits per heavy atom. The molecule has 2 N–H and O–H groups in total. The van der Waals surface area contributed by atoms with Gasteiger partial charge in [-0.2, -0.15) is 5.26 Å². The zero-order chi connectivity index (χ0) is 15.4. The van der Waals surface area contributed by atoms with Gasteiger partial charge >= 0.3 is 11.7 Å². The second kappa shape index (κ2) is 6.17. The smallest absolute Gasteiger partial charge is 0.328 e. The van der Waals surface area contributed by atoms with Crippen LogP contribution in [0.4, 0.5) is 11.5 Å². The molecule has 2 atom stereocenters. The monoisotopic (exact) mass is 290 g/mol. The van der Waals surface area contributed by atoms with Crippen molar-refractivity contribution in [1.29, 1.82) is 5.26 Å². The Bertz CT molecular complexity index is 611. The Kier molecular flexibility index (Phi) is 4.33. The van der Waals surface area contributed by atoms with E-state index in [4.69, 9.17) is 10.4 Å². The van der Waals surface area contributed by atoms with Gasteiger partial charge in [-0.3, -0.25) is 14.9 Å². The summed E-state index contributed by atoms with van der Waals surface area (Å²) in [6, 6.07) is 3.03. The molecular weight excluding hydrogens is 276 g/mol. The van der Waals surface area contributed by atoms with Crippen LogP contribution in [0, 0.1) is 33.3 Å². The van der Waals surface area contributed by atoms with Gasteiger partial charge < -0.3 is 10.4 Å². The number of pyridine rings is 1. The summed E-state index contributed by atoms with van der Waals surface area (Å²) in [5.74, 6) is -1.35. The summed E-state index contributed by atoms with van der Waals surface area (Å²) < 4.78 is 0. The van der Waals surface area contributed by atoms with Crippen LogP contribution in [0.5, 0.6) is 0 Å². The maximum Gasteiger partial charge on any atom is 0.328 e. The number of hydrogen-bond acceptors (Lipinski definition) is 6. The topological polar surface area (TPSA) is 129 Å². The first-order valence-corrected chi connectivity index (χ1v) is 6.54. The lowest BCUT2D eigenvalue weighted by Gasteiger charge is -2.16. The summed E-state index contributed by atoms with van der Waals surface area (Å²) in [7, 11) is 0. The summed E-state index contributed by atoms with van der Waals surface area (Å²) >= 11 is 0. The van der Waals surface area contributed by atoms with Crippen LogP contribution < -0.4 is 5.32 Å². The highest BCUT2D eigenvalue weighted by Gasteiger charge is 2.33. The molecule has 1 aromatic rings. The molecule has 0 aliphatic heterocycles. The largest absolute Gasteiger partial charge is 0.481 e. The molecule has 1 saturated carbocycles. The lowest BCUT2D eigenvalue weighted by atomic mass is 9.96. The number of carboxylic acid groups (broad SMARTS) is 1. The van der Waals surface area contributed by atoms with Crippen LogP contribution in [0.25, 0.3) is 0 Å². The molecule has 1 aromatic heterocycles. The predicted molar refractivity (Wildman–Crippen MR) is 72.6 cm³/mol. The van der Waals surface area contributed by atoms with E-state index >= 15 is 0 Å². The highest BCUT2D eigenvalue weighted by atomic mass is 16.6. The Labute approximate surface area is 120 Å². The summed E-state index contributed by atoms with van der Waals surface area (Å²) in [6.45, 7) is 0.291. The van der Waals surface area contributed by atoms with Crippen molar-refractivity contribution in [3.8, 4) is 6.07 Å². The second-order valence-electron chi connectivity index (χ2n) is 4.94. The SMILES string of the molecule is N#Cc1ccnc(NCC2CCCC2C(=O)O)c1[N+](=O)[O-]. The fourth-order valence-corrected chi connectivity index (χ4v) is 2.69. The van der Waals surface area contributed by atoms with E-state index in [0.717, 1.165) is 12.8 Å². The van der Waals surface area contributed by atoms with Gasteiger partial charge in [0.05, 0.1) is 10.8 Å². The molecule has 1 aliphatic rings. The minimum atomic E-state index is -0.840. The van der Waals surface area contributed by atoms with Crippen molar-refractivity contribution in [2.24, 2.45) is 11.8 Å². The van der Waals surface area contributed by atoms with Crippen LogP contribution in [-0.2, 0) is 4.79 Å². The average molecular weight is 290 g/mol. The van der Waals surface area contributed by atoms with E-state index in [0.29, 0.717) is 13.0 Å². The number of nitriles is 1. The molecule has 0 saturated heterocycles. The molecule has 1 aliphatic carbocycles. The van der Waals surface area contributed by atoms with E-state index in [1.165, 1.54) is 12.3 Å². The molecule has 21 heavy (non-hydrogen) atoms. The predicted octanol–water partition coefficient (Wildman–Crippen LogP) is 1.77. The highest BCUT2D eigenvalue weighted by Crippen LogP contribution is 2.33. The van der Waals surface area contributed by atoms with E-state index < -0.39 is 16.8 Å². The molecule has 1 fully saturated rings. The number of nitrogens with one attached hydrogen (secondary N) is 1. The van der Waals surface area contributed by atoms with Crippen molar-refractivity contribution in [3.63, 3.8) is 0 Å². The first kappa shape index (κ1) is 14.7. The van der Waals surface area contributed by atoms with Gasteiger partial charge in [-0.15, -0.1) is 0 Å². The normalized spacial score (nSPS) is 20.7. The quantitative estimate of drug-likeness (QED) is 0.624. The summed E-state index contributed by atoms with van der Waals surface area (Å²) in [5, 5.41) is 31.9. The molecule has 2 unspecified atom stereocenters. The lowest BCUT2D eigenvalue weighted by molar-refractivity contribution is -0.384. The van der Waals surface area contributed by atoms with Crippen LogP contribution in [0.15, 0.2) is 12.3 Å². The maximum absolute atomic E-state index is 11.1. The van der Waals surface area contributed by atoms with Crippen LogP contribution in [-0.4, -0.2) is 27.5 Å². The third-order valence-electron chi connectivity index (χ3n) is 3.74. The van der Waals surface area contributed by atoms with E-state index in [-0.39, 0.29) is 23.0 Å². The standard InChI is InChI=1S/C13H14N4O4/c14-6-8-4-5-15-12(11(8)17(20)21)16-7-9-2-1-3-10(9)13(18)19/h4-5,9-10H,1-3,7H2,(H,15,16)(H,18,19). The van der Waals surface area contributed by atoms with E-state index in [9.17, 15) is 14.9 Å². The van der Waals surface area contributed by atoms with E-state index in [2.05, 4.69) is 10.3 Å². The van der Waals surface area contributed by atoms with Gasteiger partial charge in [0.2, 0.25) is 5.82 Å². The minimum absolute atomic E-state index is 0.00934. The number of nitro groups is 1. The van der Waals surface area contributed by atoms with Crippen molar-refractivity contribution in [2.45, 2.75) is 19.3 Å². The zero-order valence-corrected chi connectivity index (χ0v) is 11.2. The molecule has 0 radical (unpaired) electrons. The highest BCUT2D eigenvalue weighted by molar-refractivity contribution is 5.71. The van der Waals surface area contributed by atoms with E-state index in [1.54, 1.807) is 6.07 Å². The van der Waals surface area contributed by atoms with Gasteiger partial charge in [0.1, 0.15) is 11.6 Å². The number of anilines is 1. The van der Waals surface area contributed by atoms with Gasteiger partial charge in [-0.1, -0.05) is 6.42 Å². The third-order valence-corrected chi connectivity index (χ3v) is 3.74. The Balaban J connectivity index is 2.16. The van der Waals surface area contributed by atoms with Crippen molar-refractivity contribution in [1.82, 2.24) is 4.98 Å². The van der Waals surface area contributed by atoms with Crippen molar-refractivity contribution in [3.05, 3.63) is 27.9 Å². The van der Waals surface area contributed by atoms with Crippen molar-refractivity contribution >= 4 is 17.5 Å². The van der Waals surface area contributed by atoms with Crippen LogP contribution in [0.1, 0.15) is 24.8 Å². The van der Waals surface area contributed by atoms with Gasteiger partial charge in [-0.25, -0.2) is 4.98 Å². The van der Waals surface area contributed by atoms with Gasteiger partial charge in [0, 0.05) is 12.7 Å². The molecule has 0 bridgehead atoms. The number of carboxylic acids is 1. The average Bonchev–Trinajstić information content (AvgIpc) is 2.92. The van der Waals surface area contributed by atoms with Crippen LogP contribution in [0.2, 0.25) is 0 Å². The number of aliphatic carboxylic acids is 1. The van der Waals surface area contributed by atoms with Crippen LogP contribution in [0.3, 0.4) is 0 Å².